The molecule has 1 aliphatic carbocycles. The molecule has 56 heavy (non-hydrogen) atoms. The molecular weight excluding hydrogens is 677 g/mol. The van der Waals surface area contributed by atoms with Crippen molar-refractivity contribution in [2.75, 3.05) is 0 Å². The Kier molecular flexibility index (Phi) is 6.46. The van der Waals surface area contributed by atoms with E-state index in [2.05, 4.69) is 196 Å². The van der Waals surface area contributed by atoms with Crippen molar-refractivity contribution in [3.63, 3.8) is 0 Å². The van der Waals surface area contributed by atoms with Gasteiger partial charge >= 0.3 is 0 Å². The average Bonchev–Trinajstić information content (AvgIpc) is 3.75. The highest BCUT2D eigenvalue weighted by atomic mass is 16.3. The van der Waals surface area contributed by atoms with Crippen LogP contribution in [0.1, 0.15) is 25.0 Å². The maximum Gasteiger partial charge on any atom is 0.143 e. The minimum Gasteiger partial charge on any atom is -0.455 e. The topological polar surface area (TPSA) is 13.1 Å². The molecule has 1 heteroatoms. The predicted molar refractivity (Wildman–Crippen MR) is 238 cm³/mol. The molecule has 0 atom stereocenters. The van der Waals surface area contributed by atoms with Crippen molar-refractivity contribution in [3.05, 3.63) is 193 Å². The lowest BCUT2D eigenvalue weighted by Gasteiger charge is -2.23. The Morgan fingerprint density at radius 3 is 1.52 bits per heavy atom. The van der Waals surface area contributed by atoms with Gasteiger partial charge in [-0.25, -0.2) is 0 Å². The zero-order chi connectivity index (χ0) is 37.1. The number of fused-ring (bicyclic) bond motifs is 13. The number of para-hydroxylation sites is 1. The average molecular weight is 713 g/mol. The van der Waals surface area contributed by atoms with Crippen molar-refractivity contribution in [1.29, 1.82) is 0 Å². The lowest BCUT2D eigenvalue weighted by molar-refractivity contribution is 0.659. The van der Waals surface area contributed by atoms with E-state index in [4.69, 9.17) is 4.42 Å². The highest BCUT2D eigenvalue weighted by molar-refractivity contribution is 6.26. The van der Waals surface area contributed by atoms with Gasteiger partial charge in [-0.3, -0.25) is 0 Å². The van der Waals surface area contributed by atoms with Crippen LogP contribution < -0.4 is 0 Å². The van der Waals surface area contributed by atoms with Crippen LogP contribution in [0.5, 0.6) is 0 Å². The van der Waals surface area contributed by atoms with Crippen LogP contribution >= 0.6 is 0 Å². The van der Waals surface area contributed by atoms with Gasteiger partial charge < -0.3 is 4.42 Å². The van der Waals surface area contributed by atoms with Crippen molar-refractivity contribution in [3.8, 4) is 44.5 Å². The summed E-state index contributed by atoms with van der Waals surface area (Å²) in [7, 11) is 0. The highest BCUT2D eigenvalue weighted by Crippen LogP contribution is 2.57. The Morgan fingerprint density at radius 1 is 0.357 bits per heavy atom. The Labute approximate surface area is 325 Å². The molecule has 0 saturated heterocycles. The highest BCUT2D eigenvalue weighted by Gasteiger charge is 2.40. The van der Waals surface area contributed by atoms with E-state index in [0.29, 0.717) is 0 Å². The van der Waals surface area contributed by atoms with Gasteiger partial charge in [0.1, 0.15) is 11.2 Å². The third-order valence-electron chi connectivity index (χ3n) is 12.6. The molecule has 0 radical (unpaired) electrons. The summed E-state index contributed by atoms with van der Waals surface area (Å²) in [5.74, 6) is 0. The predicted octanol–water partition coefficient (Wildman–Crippen LogP) is 15.5. The lowest BCUT2D eigenvalue weighted by atomic mass is 9.79. The SMILES string of the molecule is CC1(C)c2ccc(-c3c4ccccc4c(-c4ccc(-c5ccccc5)c5ccccc45)c4ccccc34)cc2-c2c1c1c3ccccc3oc1c1ccccc21. The monoisotopic (exact) mass is 712 g/mol. The Balaban J connectivity index is 1.15. The van der Waals surface area contributed by atoms with E-state index in [1.54, 1.807) is 0 Å². The van der Waals surface area contributed by atoms with Gasteiger partial charge in [-0.1, -0.05) is 184 Å². The zero-order valence-electron chi connectivity index (χ0n) is 31.2. The Bertz CT molecular complexity index is 3380. The van der Waals surface area contributed by atoms with Crippen molar-refractivity contribution in [2.45, 2.75) is 19.3 Å². The number of hydrogen-bond acceptors (Lipinski definition) is 1. The number of furan rings is 1. The zero-order valence-corrected chi connectivity index (χ0v) is 31.2. The smallest absolute Gasteiger partial charge is 0.143 e. The van der Waals surface area contributed by atoms with Gasteiger partial charge in [-0.05, 0) is 105 Å². The minimum atomic E-state index is -0.223. The van der Waals surface area contributed by atoms with E-state index in [0.717, 1.165) is 16.6 Å². The molecule has 11 aromatic rings. The van der Waals surface area contributed by atoms with Gasteiger partial charge in [0.05, 0.1) is 0 Å². The van der Waals surface area contributed by atoms with Crippen LogP contribution in [0.3, 0.4) is 0 Å². The molecule has 1 nitrogen and oxygen atoms in total. The minimum absolute atomic E-state index is 0.223. The first-order chi connectivity index (χ1) is 27.6. The molecule has 0 spiro atoms. The Morgan fingerprint density at radius 2 is 0.857 bits per heavy atom. The molecule has 1 heterocycles. The van der Waals surface area contributed by atoms with Gasteiger partial charge in [0.25, 0.3) is 0 Å². The molecule has 262 valence electrons. The van der Waals surface area contributed by atoms with Crippen molar-refractivity contribution >= 4 is 65.0 Å². The van der Waals surface area contributed by atoms with Crippen LogP contribution in [-0.2, 0) is 5.41 Å². The molecule has 0 unspecified atom stereocenters. The first-order valence-electron chi connectivity index (χ1n) is 19.6. The summed E-state index contributed by atoms with van der Waals surface area (Å²) < 4.78 is 6.68. The van der Waals surface area contributed by atoms with Crippen LogP contribution in [0, 0.1) is 0 Å². The van der Waals surface area contributed by atoms with Crippen molar-refractivity contribution < 1.29 is 4.42 Å². The molecule has 0 aliphatic heterocycles. The van der Waals surface area contributed by atoms with Crippen LogP contribution in [-0.4, -0.2) is 0 Å². The van der Waals surface area contributed by atoms with Crippen LogP contribution in [0.4, 0.5) is 0 Å². The first-order valence-corrected chi connectivity index (χ1v) is 19.6. The summed E-state index contributed by atoms with van der Waals surface area (Å²) in [6.07, 6.45) is 0. The third-order valence-corrected chi connectivity index (χ3v) is 12.6. The van der Waals surface area contributed by atoms with Gasteiger partial charge in [0, 0.05) is 21.6 Å². The fourth-order valence-electron chi connectivity index (χ4n) is 10.2. The standard InChI is InChI=1S/C55H36O/c1-55(2)47-31-28-34(32-46(47)51-42-24-12-13-25-44(42)54-52(53(51)55)45-26-14-15-27-48(45)56-54)49-38-20-8-10-22-40(38)50(41-23-11-9-21-39(41)49)43-30-29-35(33-16-4-3-5-17-33)36-18-6-7-19-37(36)43/h3-32H,1-2H3. The van der Waals surface area contributed by atoms with Gasteiger partial charge in [0.15, 0.2) is 0 Å². The number of hydrogen-bond donors (Lipinski definition) is 0. The third kappa shape index (κ3) is 4.20. The molecular formula is C55H36O. The van der Waals surface area contributed by atoms with Crippen molar-refractivity contribution in [1.82, 2.24) is 0 Å². The van der Waals surface area contributed by atoms with E-state index in [1.165, 1.54) is 104 Å². The lowest BCUT2D eigenvalue weighted by Crippen LogP contribution is -2.15. The second-order valence-electron chi connectivity index (χ2n) is 15.9. The summed E-state index contributed by atoms with van der Waals surface area (Å²) in [6, 6.07) is 67.0. The molecule has 0 N–H and O–H groups in total. The second-order valence-corrected chi connectivity index (χ2v) is 15.9. The number of benzene rings is 10. The summed E-state index contributed by atoms with van der Waals surface area (Å²) in [4.78, 5) is 0. The molecule has 0 bridgehead atoms. The first kappa shape index (κ1) is 31.4. The van der Waals surface area contributed by atoms with Crippen molar-refractivity contribution in [2.24, 2.45) is 0 Å². The Hall–Kier alpha value is -6.96. The van der Waals surface area contributed by atoms with Crippen LogP contribution in [0.2, 0.25) is 0 Å². The molecule has 12 rings (SSSR count). The number of rotatable bonds is 3. The van der Waals surface area contributed by atoms with E-state index < -0.39 is 0 Å². The van der Waals surface area contributed by atoms with E-state index in [1.807, 2.05) is 0 Å². The van der Waals surface area contributed by atoms with E-state index in [-0.39, 0.29) is 5.41 Å². The molecule has 0 saturated carbocycles. The summed E-state index contributed by atoms with van der Waals surface area (Å²) in [6.45, 7) is 4.78. The summed E-state index contributed by atoms with van der Waals surface area (Å²) in [5.41, 5.74) is 14.6. The fraction of sp³-hybridized carbons (Fsp3) is 0.0545. The molecule has 1 aliphatic rings. The summed E-state index contributed by atoms with van der Waals surface area (Å²) in [5, 5.41) is 12.4. The fourth-order valence-corrected chi connectivity index (χ4v) is 10.2. The second kappa shape index (κ2) is 11.5. The molecule has 1 aromatic heterocycles. The maximum absolute atomic E-state index is 6.68. The van der Waals surface area contributed by atoms with Crippen LogP contribution in [0.15, 0.2) is 186 Å². The maximum atomic E-state index is 6.68. The molecule has 0 fully saturated rings. The normalized spacial score (nSPS) is 13.3. The molecule has 10 aromatic carbocycles. The quantitative estimate of drug-likeness (QED) is 0.166. The summed E-state index contributed by atoms with van der Waals surface area (Å²) >= 11 is 0. The molecule has 0 amide bonds. The van der Waals surface area contributed by atoms with E-state index in [9.17, 15) is 0 Å². The van der Waals surface area contributed by atoms with Gasteiger partial charge in [-0.2, -0.15) is 0 Å². The van der Waals surface area contributed by atoms with E-state index >= 15 is 0 Å². The van der Waals surface area contributed by atoms with Gasteiger partial charge in [0.2, 0.25) is 0 Å². The van der Waals surface area contributed by atoms with Gasteiger partial charge in [-0.15, -0.1) is 0 Å². The van der Waals surface area contributed by atoms with Crippen LogP contribution in [0.25, 0.3) is 110 Å². The largest absolute Gasteiger partial charge is 0.455 e.